The van der Waals surface area contributed by atoms with Crippen molar-refractivity contribution in [1.82, 2.24) is 10.3 Å². The molecule has 0 aliphatic heterocycles. The molecule has 2 atom stereocenters. The molecule has 1 saturated carbocycles. The molecule has 1 fully saturated rings. The van der Waals surface area contributed by atoms with Crippen LogP contribution in [0.5, 0.6) is 5.88 Å². The largest absolute Gasteiger partial charge is 0.473 e. The third-order valence-electron chi connectivity index (χ3n) is 4.03. The average molecular weight is 311 g/mol. The Hall–Kier alpha value is -0.800. The van der Waals surface area contributed by atoms with E-state index in [1.807, 2.05) is 12.3 Å². The first-order chi connectivity index (χ1) is 10.1. The SMILES string of the molecule is CCCNCc1cnc(OC2CC(C)CC(C)C2)c(Cl)c1. The Balaban J connectivity index is 1.94. The number of hydrogen-bond donors (Lipinski definition) is 1. The Labute approximate surface area is 133 Å². The van der Waals surface area contributed by atoms with Crippen molar-refractivity contribution >= 4 is 11.6 Å². The average Bonchev–Trinajstić information content (AvgIpc) is 2.41. The zero-order chi connectivity index (χ0) is 15.2. The minimum atomic E-state index is 0.248. The highest BCUT2D eigenvalue weighted by Gasteiger charge is 2.26. The molecule has 1 N–H and O–H groups in total. The number of rotatable bonds is 6. The zero-order valence-electron chi connectivity index (χ0n) is 13.4. The molecule has 0 bridgehead atoms. The van der Waals surface area contributed by atoms with Gasteiger partial charge in [-0.3, -0.25) is 0 Å². The lowest BCUT2D eigenvalue weighted by Gasteiger charge is -2.31. The molecule has 1 aromatic rings. The molecule has 1 aliphatic rings. The first kappa shape index (κ1) is 16.6. The summed E-state index contributed by atoms with van der Waals surface area (Å²) in [5, 5.41) is 3.97. The van der Waals surface area contributed by atoms with Gasteiger partial charge in [-0.25, -0.2) is 4.98 Å². The molecule has 0 aromatic carbocycles. The maximum Gasteiger partial charge on any atom is 0.232 e. The van der Waals surface area contributed by atoms with Crippen LogP contribution in [0.1, 0.15) is 52.0 Å². The fourth-order valence-corrected chi connectivity index (χ4v) is 3.42. The highest BCUT2D eigenvalue weighted by atomic mass is 35.5. The standard InChI is InChI=1S/C17H27ClN2O/c1-4-5-19-10-14-9-16(18)17(20-11-14)21-15-7-12(2)6-13(3)8-15/h9,11-13,15,19H,4-8,10H2,1-3H3. The number of pyridine rings is 1. The van der Waals surface area contributed by atoms with Crippen LogP contribution in [-0.2, 0) is 6.54 Å². The Bertz CT molecular complexity index is 442. The summed E-state index contributed by atoms with van der Waals surface area (Å²) >= 11 is 6.32. The summed E-state index contributed by atoms with van der Waals surface area (Å²) in [4.78, 5) is 4.41. The van der Waals surface area contributed by atoms with E-state index >= 15 is 0 Å². The van der Waals surface area contributed by atoms with Gasteiger partial charge in [-0.15, -0.1) is 0 Å². The van der Waals surface area contributed by atoms with Gasteiger partial charge in [0.05, 0.1) is 0 Å². The third-order valence-corrected chi connectivity index (χ3v) is 4.30. The van der Waals surface area contributed by atoms with Gasteiger partial charge < -0.3 is 10.1 Å². The van der Waals surface area contributed by atoms with Crippen LogP contribution < -0.4 is 10.1 Å². The quantitative estimate of drug-likeness (QED) is 0.789. The van der Waals surface area contributed by atoms with E-state index < -0.39 is 0 Å². The van der Waals surface area contributed by atoms with Gasteiger partial charge in [0.25, 0.3) is 0 Å². The van der Waals surface area contributed by atoms with E-state index in [1.54, 1.807) is 0 Å². The predicted molar refractivity (Wildman–Crippen MR) is 87.8 cm³/mol. The molecular weight excluding hydrogens is 284 g/mol. The molecule has 2 unspecified atom stereocenters. The first-order valence-electron chi connectivity index (χ1n) is 8.10. The van der Waals surface area contributed by atoms with Crippen molar-refractivity contribution in [3.8, 4) is 5.88 Å². The molecule has 0 radical (unpaired) electrons. The maximum absolute atomic E-state index is 6.32. The van der Waals surface area contributed by atoms with Crippen molar-refractivity contribution in [3.63, 3.8) is 0 Å². The van der Waals surface area contributed by atoms with Crippen LogP contribution >= 0.6 is 11.6 Å². The highest BCUT2D eigenvalue weighted by Crippen LogP contribution is 2.32. The molecule has 0 spiro atoms. The van der Waals surface area contributed by atoms with Crippen molar-refractivity contribution in [3.05, 3.63) is 22.8 Å². The Morgan fingerprint density at radius 3 is 2.62 bits per heavy atom. The monoisotopic (exact) mass is 310 g/mol. The normalized spacial score (nSPS) is 25.8. The molecule has 1 aliphatic carbocycles. The van der Waals surface area contributed by atoms with Gasteiger partial charge in [0.2, 0.25) is 5.88 Å². The summed E-state index contributed by atoms with van der Waals surface area (Å²) in [6, 6.07) is 1.96. The van der Waals surface area contributed by atoms with E-state index in [2.05, 4.69) is 31.1 Å². The number of aromatic nitrogens is 1. The second-order valence-corrected chi connectivity index (χ2v) is 6.87. The Morgan fingerprint density at radius 1 is 1.29 bits per heavy atom. The first-order valence-corrected chi connectivity index (χ1v) is 8.48. The summed E-state index contributed by atoms with van der Waals surface area (Å²) in [7, 11) is 0. The molecule has 118 valence electrons. The second-order valence-electron chi connectivity index (χ2n) is 6.46. The van der Waals surface area contributed by atoms with Crippen molar-refractivity contribution in [2.45, 2.75) is 59.1 Å². The lowest BCUT2D eigenvalue weighted by molar-refractivity contribution is 0.0968. The van der Waals surface area contributed by atoms with Gasteiger partial charge in [0.1, 0.15) is 11.1 Å². The van der Waals surface area contributed by atoms with Crippen LogP contribution in [0, 0.1) is 11.8 Å². The van der Waals surface area contributed by atoms with E-state index in [0.717, 1.165) is 49.8 Å². The molecule has 1 aromatic heterocycles. The van der Waals surface area contributed by atoms with Crippen LogP contribution in [0.25, 0.3) is 0 Å². The second kappa shape index (κ2) is 8.00. The van der Waals surface area contributed by atoms with Crippen molar-refractivity contribution in [1.29, 1.82) is 0 Å². The van der Waals surface area contributed by atoms with Gasteiger partial charge in [-0.05, 0) is 55.7 Å². The Morgan fingerprint density at radius 2 is 2.00 bits per heavy atom. The van der Waals surface area contributed by atoms with Gasteiger partial charge >= 0.3 is 0 Å². The number of nitrogens with zero attached hydrogens (tertiary/aromatic N) is 1. The minimum Gasteiger partial charge on any atom is -0.473 e. The van der Waals surface area contributed by atoms with Crippen LogP contribution in [0.4, 0.5) is 0 Å². The number of ether oxygens (including phenoxy) is 1. The molecule has 4 heteroatoms. The summed E-state index contributed by atoms with van der Waals surface area (Å²) in [6.07, 6.45) is 6.73. The van der Waals surface area contributed by atoms with Gasteiger partial charge in [-0.1, -0.05) is 32.4 Å². The van der Waals surface area contributed by atoms with Crippen LogP contribution in [-0.4, -0.2) is 17.6 Å². The van der Waals surface area contributed by atoms with Crippen LogP contribution in [0.2, 0.25) is 5.02 Å². The number of hydrogen-bond acceptors (Lipinski definition) is 3. The topological polar surface area (TPSA) is 34.2 Å². The fourth-order valence-electron chi connectivity index (χ4n) is 3.19. The summed E-state index contributed by atoms with van der Waals surface area (Å²) in [5.41, 5.74) is 1.10. The predicted octanol–water partition coefficient (Wildman–Crippen LogP) is 4.44. The van der Waals surface area contributed by atoms with Crippen LogP contribution in [0.3, 0.4) is 0 Å². The van der Waals surface area contributed by atoms with E-state index in [-0.39, 0.29) is 6.10 Å². The van der Waals surface area contributed by atoms with Gasteiger partial charge in [0, 0.05) is 12.7 Å². The molecule has 3 nitrogen and oxygen atoms in total. The molecular formula is C17H27ClN2O. The molecule has 0 saturated heterocycles. The Kier molecular flexibility index (Phi) is 6.31. The summed E-state index contributed by atoms with van der Waals surface area (Å²) < 4.78 is 6.04. The number of nitrogens with one attached hydrogen (secondary N) is 1. The zero-order valence-corrected chi connectivity index (χ0v) is 14.1. The van der Waals surface area contributed by atoms with Crippen molar-refractivity contribution in [2.75, 3.05) is 6.54 Å². The minimum absolute atomic E-state index is 0.248. The molecule has 0 amide bonds. The van der Waals surface area contributed by atoms with E-state index in [0.29, 0.717) is 10.9 Å². The number of halogens is 1. The molecule has 21 heavy (non-hydrogen) atoms. The summed E-state index contributed by atoms with van der Waals surface area (Å²) in [6.45, 7) is 8.56. The van der Waals surface area contributed by atoms with E-state index in [9.17, 15) is 0 Å². The van der Waals surface area contributed by atoms with Crippen LogP contribution in [0.15, 0.2) is 12.3 Å². The third kappa shape index (κ3) is 5.15. The van der Waals surface area contributed by atoms with Crippen molar-refractivity contribution in [2.24, 2.45) is 11.8 Å². The summed E-state index contributed by atoms with van der Waals surface area (Å²) in [5.74, 6) is 2.02. The lowest BCUT2D eigenvalue weighted by atomic mass is 9.82. The highest BCUT2D eigenvalue weighted by molar-refractivity contribution is 6.31. The smallest absolute Gasteiger partial charge is 0.232 e. The molecule has 2 rings (SSSR count). The lowest BCUT2D eigenvalue weighted by Crippen LogP contribution is -2.28. The van der Waals surface area contributed by atoms with Gasteiger partial charge in [0.15, 0.2) is 0 Å². The van der Waals surface area contributed by atoms with Crippen molar-refractivity contribution < 1.29 is 4.74 Å². The van der Waals surface area contributed by atoms with Gasteiger partial charge in [-0.2, -0.15) is 0 Å². The maximum atomic E-state index is 6.32. The van der Waals surface area contributed by atoms with E-state index in [1.165, 1.54) is 6.42 Å². The van der Waals surface area contributed by atoms with E-state index in [4.69, 9.17) is 16.3 Å². The fraction of sp³-hybridized carbons (Fsp3) is 0.706. The molecule has 1 heterocycles.